The Hall–Kier alpha value is -3.34. The largest absolute Gasteiger partial charge is 0.313 e. The van der Waals surface area contributed by atoms with E-state index in [2.05, 4.69) is 34.4 Å². The molecule has 1 heterocycles. The summed E-state index contributed by atoms with van der Waals surface area (Å²) in [5.74, 6) is 0.655. The second kappa shape index (κ2) is 9.44. The molecule has 1 aromatic heterocycles. The van der Waals surface area contributed by atoms with Gasteiger partial charge < -0.3 is 5.41 Å². The molecule has 0 saturated heterocycles. The zero-order chi connectivity index (χ0) is 20.8. The van der Waals surface area contributed by atoms with Crippen LogP contribution in [-0.2, 0) is 0 Å². The van der Waals surface area contributed by atoms with Gasteiger partial charge in [0, 0.05) is 24.9 Å². The molecule has 5 nitrogen and oxygen atoms in total. The summed E-state index contributed by atoms with van der Waals surface area (Å²) in [5, 5.41) is 12.1. The van der Waals surface area contributed by atoms with Crippen molar-refractivity contribution in [2.45, 2.75) is 44.4 Å². The van der Waals surface area contributed by atoms with Crippen LogP contribution >= 0.6 is 0 Å². The van der Waals surface area contributed by atoms with Crippen LogP contribution in [0, 0.1) is 5.41 Å². The summed E-state index contributed by atoms with van der Waals surface area (Å²) >= 11 is 0. The molecule has 1 N–H and O–H groups in total. The molecule has 2 aromatic carbocycles. The summed E-state index contributed by atoms with van der Waals surface area (Å²) in [6.07, 6.45) is 9.70. The van der Waals surface area contributed by atoms with Crippen LogP contribution in [0.5, 0.6) is 0 Å². The van der Waals surface area contributed by atoms with E-state index in [1.54, 1.807) is 10.9 Å². The van der Waals surface area contributed by atoms with Crippen LogP contribution in [0.1, 0.15) is 55.7 Å². The summed E-state index contributed by atoms with van der Waals surface area (Å²) in [5.41, 5.74) is 3.61. The van der Waals surface area contributed by atoms with Crippen LogP contribution in [0.25, 0.3) is 5.69 Å². The molecule has 5 heteroatoms. The van der Waals surface area contributed by atoms with E-state index in [0.29, 0.717) is 11.6 Å². The van der Waals surface area contributed by atoms with Gasteiger partial charge in [-0.3, -0.25) is 9.79 Å². The highest BCUT2D eigenvalue weighted by Gasteiger charge is 2.16. The van der Waals surface area contributed by atoms with Gasteiger partial charge in [-0.1, -0.05) is 49.6 Å². The minimum absolute atomic E-state index is 0.193. The number of aliphatic imine (C=N–C) groups is 1. The van der Waals surface area contributed by atoms with E-state index in [0.717, 1.165) is 11.4 Å². The second-order valence-electron chi connectivity index (χ2n) is 7.70. The van der Waals surface area contributed by atoms with Crippen molar-refractivity contribution in [2.24, 2.45) is 4.99 Å². The topological polar surface area (TPSA) is 71.1 Å². The minimum atomic E-state index is -0.193. The molecule has 1 saturated carbocycles. The second-order valence-corrected chi connectivity index (χ2v) is 7.70. The number of benzene rings is 2. The van der Waals surface area contributed by atoms with Crippen molar-refractivity contribution in [3.8, 4) is 5.69 Å². The number of aromatic nitrogens is 2. The van der Waals surface area contributed by atoms with Gasteiger partial charge in [-0.15, -0.1) is 0 Å². The standard InChI is InChI=1S/C25H26N4O/c26-17-15-23(27-21-9-5-2-6-10-21)25-24(30)16-18-29(28-25)22-13-11-20(12-14-22)19-7-3-1-4-8-19/h2,5-6,9-14,16-19,26H,1,3-4,7-8,15H2. The normalized spacial score (nSPS) is 15.1. The van der Waals surface area contributed by atoms with Crippen LogP contribution in [0.3, 0.4) is 0 Å². The van der Waals surface area contributed by atoms with E-state index in [4.69, 9.17) is 5.41 Å². The Balaban J connectivity index is 1.66. The zero-order valence-electron chi connectivity index (χ0n) is 17.0. The zero-order valence-corrected chi connectivity index (χ0v) is 17.0. The number of rotatable bonds is 6. The molecule has 1 aliphatic rings. The van der Waals surface area contributed by atoms with Gasteiger partial charge in [0.2, 0.25) is 5.43 Å². The molecule has 0 aliphatic heterocycles. The lowest BCUT2D eigenvalue weighted by Gasteiger charge is -2.22. The van der Waals surface area contributed by atoms with Crippen molar-refractivity contribution >= 4 is 17.6 Å². The summed E-state index contributed by atoms with van der Waals surface area (Å²) < 4.78 is 1.71. The summed E-state index contributed by atoms with van der Waals surface area (Å²) in [6.45, 7) is 0. The summed E-state index contributed by atoms with van der Waals surface area (Å²) in [7, 11) is 0. The third-order valence-electron chi connectivity index (χ3n) is 5.63. The van der Waals surface area contributed by atoms with Crippen molar-refractivity contribution < 1.29 is 0 Å². The highest BCUT2D eigenvalue weighted by atomic mass is 16.1. The van der Waals surface area contributed by atoms with Crippen molar-refractivity contribution in [3.63, 3.8) is 0 Å². The van der Waals surface area contributed by atoms with Gasteiger partial charge in [0.1, 0.15) is 0 Å². The monoisotopic (exact) mass is 398 g/mol. The maximum absolute atomic E-state index is 12.5. The maximum Gasteiger partial charge on any atom is 0.209 e. The van der Waals surface area contributed by atoms with E-state index in [1.165, 1.54) is 49.9 Å². The molecule has 0 amide bonds. The predicted molar refractivity (Wildman–Crippen MR) is 122 cm³/mol. The SMILES string of the molecule is N=CCC(=Nc1ccccc1)c1nn(-c2ccc(C3CCCCC3)cc2)ccc1=O. The fourth-order valence-electron chi connectivity index (χ4n) is 4.04. The number of nitrogens with one attached hydrogen (secondary N) is 1. The fraction of sp³-hybridized carbons (Fsp3) is 0.280. The smallest absolute Gasteiger partial charge is 0.209 e. The first-order chi connectivity index (χ1) is 14.7. The number of hydrogen-bond acceptors (Lipinski definition) is 4. The van der Waals surface area contributed by atoms with Gasteiger partial charge in [0.25, 0.3) is 0 Å². The van der Waals surface area contributed by atoms with Crippen molar-refractivity contribution in [1.29, 1.82) is 5.41 Å². The molecular weight excluding hydrogens is 372 g/mol. The fourth-order valence-corrected chi connectivity index (χ4v) is 4.04. The number of hydrogen-bond donors (Lipinski definition) is 1. The third-order valence-corrected chi connectivity index (χ3v) is 5.63. The molecule has 30 heavy (non-hydrogen) atoms. The van der Waals surface area contributed by atoms with Crippen LogP contribution in [0.4, 0.5) is 5.69 Å². The highest BCUT2D eigenvalue weighted by Crippen LogP contribution is 2.32. The van der Waals surface area contributed by atoms with Gasteiger partial charge in [-0.05, 0) is 48.6 Å². The van der Waals surface area contributed by atoms with Gasteiger partial charge in [0.15, 0.2) is 5.69 Å². The summed E-state index contributed by atoms with van der Waals surface area (Å²) in [6, 6.07) is 19.5. The van der Waals surface area contributed by atoms with Gasteiger partial charge in [-0.2, -0.15) is 5.10 Å². The van der Waals surface area contributed by atoms with Crippen LogP contribution in [-0.4, -0.2) is 21.7 Å². The molecule has 1 fully saturated rings. The molecule has 0 spiro atoms. The lowest BCUT2D eigenvalue weighted by Crippen LogP contribution is -2.21. The van der Waals surface area contributed by atoms with Gasteiger partial charge >= 0.3 is 0 Å². The van der Waals surface area contributed by atoms with E-state index < -0.39 is 0 Å². The van der Waals surface area contributed by atoms with Crippen LogP contribution < -0.4 is 5.43 Å². The van der Waals surface area contributed by atoms with Gasteiger partial charge in [-0.25, -0.2) is 4.68 Å². The van der Waals surface area contributed by atoms with Crippen LogP contribution in [0.2, 0.25) is 0 Å². The Morgan fingerprint density at radius 3 is 2.47 bits per heavy atom. The first kappa shape index (κ1) is 20.0. The first-order valence-corrected chi connectivity index (χ1v) is 10.6. The third kappa shape index (κ3) is 4.62. The Morgan fingerprint density at radius 1 is 1.03 bits per heavy atom. The Kier molecular flexibility index (Phi) is 6.28. The van der Waals surface area contributed by atoms with E-state index in [1.807, 2.05) is 30.3 Å². The van der Waals surface area contributed by atoms with E-state index in [-0.39, 0.29) is 17.5 Å². The molecular formula is C25H26N4O. The van der Waals surface area contributed by atoms with E-state index >= 15 is 0 Å². The Labute approximate surface area is 176 Å². The molecule has 152 valence electrons. The lowest BCUT2D eigenvalue weighted by molar-refractivity contribution is 0.443. The predicted octanol–water partition coefficient (Wildman–Crippen LogP) is 5.44. The van der Waals surface area contributed by atoms with Crippen molar-refractivity contribution in [3.05, 3.63) is 88.3 Å². The maximum atomic E-state index is 12.5. The van der Waals surface area contributed by atoms with E-state index in [9.17, 15) is 4.79 Å². The quantitative estimate of drug-likeness (QED) is 0.562. The average molecular weight is 399 g/mol. The molecule has 0 radical (unpaired) electrons. The minimum Gasteiger partial charge on any atom is -0.313 e. The molecule has 4 rings (SSSR count). The van der Waals surface area contributed by atoms with Crippen molar-refractivity contribution in [2.75, 3.05) is 0 Å². The molecule has 0 atom stereocenters. The number of para-hydroxylation sites is 1. The highest BCUT2D eigenvalue weighted by molar-refractivity contribution is 6.06. The van der Waals surface area contributed by atoms with Gasteiger partial charge in [0.05, 0.1) is 17.1 Å². The first-order valence-electron chi connectivity index (χ1n) is 10.6. The summed E-state index contributed by atoms with van der Waals surface area (Å²) in [4.78, 5) is 17.1. The molecule has 1 aliphatic carbocycles. The average Bonchev–Trinajstić information content (AvgIpc) is 2.81. The van der Waals surface area contributed by atoms with Crippen molar-refractivity contribution in [1.82, 2.24) is 9.78 Å². The number of nitrogens with zero attached hydrogens (tertiary/aromatic N) is 3. The van der Waals surface area contributed by atoms with Crippen LogP contribution in [0.15, 0.2) is 76.6 Å². The molecule has 0 unspecified atom stereocenters. The Bertz CT molecular complexity index is 1080. The molecule has 3 aromatic rings. The Morgan fingerprint density at radius 2 is 1.77 bits per heavy atom. The lowest BCUT2D eigenvalue weighted by atomic mass is 9.84. The molecule has 0 bridgehead atoms.